The third-order valence-electron chi connectivity index (χ3n) is 0.940. The van der Waals surface area contributed by atoms with E-state index in [1.54, 1.807) is 0 Å². The molecule has 0 nitrogen and oxygen atoms in total. The molecule has 54 valence electrons. The Morgan fingerprint density at radius 2 is 1.30 bits per heavy atom. The summed E-state index contributed by atoms with van der Waals surface area (Å²) >= 11 is 0. The summed E-state index contributed by atoms with van der Waals surface area (Å²) in [4.78, 5) is 0. The van der Waals surface area contributed by atoms with Gasteiger partial charge >= 0.3 is 0 Å². The van der Waals surface area contributed by atoms with Crippen LogP contribution in [-0.2, 0) is 0 Å². The van der Waals surface area contributed by atoms with Gasteiger partial charge in [0.15, 0.2) is 0 Å². The van der Waals surface area contributed by atoms with Gasteiger partial charge in [0.05, 0.1) is 0 Å². The molecule has 0 spiro atoms. The van der Waals surface area contributed by atoms with Crippen LogP contribution in [0.1, 0.15) is 19.4 Å². The largest absolute Gasteiger partial charge is 0.0683 e. The van der Waals surface area contributed by atoms with Gasteiger partial charge in [-0.3, -0.25) is 0 Å². The van der Waals surface area contributed by atoms with Gasteiger partial charge in [0.1, 0.15) is 0 Å². The van der Waals surface area contributed by atoms with Crippen molar-refractivity contribution in [1.82, 2.24) is 0 Å². The fourth-order valence-corrected chi connectivity index (χ4v) is 0.534. The van der Waals surface area contributed by atoms with Crippen molar-refractivity contribution in [3.63, 3.8) is 0 Å². The maximum atomic E-state index is 2.08. The van der Waals surface area contributed by atoms with Crippen LogP contribution in [0.5, 0.6) is 0 Å². The molecule has 10 heavy (non-hydrogen) atoms. The molecule has 1 aromatic carbocycles. The molecule has 0 unspecified atom stereocenters. The molecular weight excluding hydrogens is 346 g/mol. The van der Waals surface area contributed by atoms with Crippen molar-refractivity contribution >= 4 is 0 Å². The molecule has 0 amide bonds. The molecule has 0 bridgehead atoms. The van der Waals surface area contributed by atoms with Crippen LogP contribution in [0, 0.1) is 38.0 Å². The van der Waals surface area contributed by atoms with Gasteiger partial charge in [-0.2, -0.15) is 0 Å². The number of benzene rings is 1. The zero-order valence-electron chi connectivity index (χ0n) is 6.89. The molecule has 1 heteroatoms. The molecule has 0 aromatic heterocycles. The van der Waals surface area contributed by atoms with Crippen LogP contribution in [0.2, 0.25) is 0 Å². The van der Waals surface area contributed by atoms with Crippen LogP contribution < -0.4 is 0 Å². The summed E-state index contributed by atoms with van der Waals surface area (Å²) in [6.45, 7) is 6.08. The molecule has 0 saturated heterocycles. The van der Waals surface area contributed by atoms with E-state index in [0.717, 1.165) is 0 Å². The zero-order valence-corrected chi connectivity index (χ0v) is 11.1. The number of hydrogen-bond acceptors (Lipinski definition) is 0. The predicted molar refractivity (Wildman–Crippen MR) is 42.5 cm³/mol. The third kappa shape index (κ3) is 6.39. The predicted octanol–water partition coefficient (Wildman–Crippen LogP) is 3.02. The first-order chi connectivity index (χ1) is 4.39. The summed E-state index contributed by atoms with van der Waals surface area (Å²) in [6.07, 6.45) is 0. The molecule has 0 saturated carbocycles. The van der Waals surface area contributed by atoms with Crippen LogP contribution in [-0.4, -0.2) is 0 Å². The molecule has 0 fully saturated rings. The van der Waals surface area contributed by atoms with E-state index in [-0.39, 0.29) is 31.1 Å². The second-order valence-corrected chi connectivity index (χ2v) is 1.65. The van der Waals surface area contributed by atoms with Gasteiger partial charge in [-0.25, -0.2) is 0 Å². The van der Waals surface area contributed by atoms with Gasteiger partial charge in [-0.1, -0.05) is 49.7 Å². The Kier molecular flexibility index (Phi) is 12.0. The minimum absolute atomic E-state index is 0. The van der Waals surface area contributed by atoms with E-state index >= 15 is 0 Å². The van der Waals surface area contributed by atoms with Crippen molar-refractivity contribution in [3.8, 4) is 0 Å². The second kappa shape index (κ2) is 9.27. The van der Waals surface area contributed by atoms with E-state index < -0.39 is 0 Å². The summed E-state index contributed by atoms with van der Waals surface area (Å²) in [7, 11) is 0. The van der Waals surface area contributed by atoms with Gasteiger partial charge in [0, 0.05) is 31.1 Å². The van der Waals surface area contributed by atoms with Crippen molar-refractivity contribution in [2.75, 3.05) is 0 Å². The molecule has 0 aliphatic carbocycles. The van der Waals surface area contributed by atoms with Crippen LogP contribution in [0.25, 0.3) is 0 Å². The summed E-state index contributed by atoms with van der Waals surface area (Å²) in [5.41, 5.74) is 1.32. The Balaban J connectivity index is 0. The Morgan fingerprint density at radius 3 is 1.50 bits per heavy atom. The Bertz CT molecular complexity index is 135. The zero-order chi connectivity index (χ0) is 7.11. The number of aryl methyl sites for hydroxylation is 1. The molecule has 1 aromatic rings. The molecule has 0 radical (unpaired) electrons. The molecule has 0 heterocycles. The normalized spacial score (nSPS) is 6.70. The van der Waals surface area contributed by atoms with E-state index in [1.165, 1.54) is 5.56 Å². The summed E-state index contributed by atoms with van der Waals surface area (Å²) < 4.78 is 0. The fraction of sp³-hybridized carbons (Fsp3) is 0.333. The first-order valence-electron chi connectivity index (χ1n) is 3.41. The van der Waals surface area contributed by atoms with E-state index in [2.05, 4.69) is 19.1 Å². The van der Waals surface area contributed by atoms with Gasteiger partial charge in [-0.05, 0) is 6.92 Å². The summed E-state index contributed by atoms with van der Waals surface area (Å²) in [5.74, 6) is 0. The van der Waals surface area contributed by atoms with Crippen LogP contribution in [0.4, 0.5) is 0 Å². The van der Waals surface area contributed by atoms with Crippen molar-refractivity contribution in [3.05, 3.63) is 35.9 Å². The second-order valence-electron chi connectivity index (χ2n) is 1.65. The first kappa shape index (κ1) is 12.9. The van der Waals surface area contributed by atoms with Gasteiger partial charge in [0.25, 0.3) is 0 Å². The minimum Gasteiger partial charge on any atom is -0.0683 e. The number of rotatable bonds is 0. The molecule has 0 N–H and O–H groups in total. The summed E-state index contributed by atoms with van der Waals surface area (Å²) in [6, 6.07) is 10.3. The summed E-state index contributed by atoms with van der Waals surface area (Å²) in [5, 5.41) is 0. The van der Waals surface area contributed by atoms with Crippen LogP contribution in [0.15, 0.2) is 30.3 Å². The molecule has 1 rings (SSSR count). The SMILES string of the molecule is CC.Cc1ccccc1.[U]. The van der Waals surface area contributed by atoms with Crippen LogP contribution in [0.3, 0.4) is 0 Å². The van der Waals surface area contributed by atoms with Gasteiger partial charge < -0.3 is 0 Å². The van der Waals surface area contributed by atoms with E-state index in [0.29, 0.717) is 0 Å². The number of hydrogen-bond donors (Lipinski definition) is 0. The maximum absolute atomic E-state index is 2.08. The van der Waals surface area contributed by atoms with Crippen molar-refractivity contribution in [2.24, 2.45) is 0 Å². The molecular formula is C9H14U. The fourth-order valence-electron chi connectivity index (χ4n) is 0.534. The third-order valence-corrected chi connectivity index (χ3v) is 0.940. The smallest absolute Gasteiger partial charge is 0 e. The van der Waals surface area contributed by atoms with E-state index in [9.17, 15) is 0 Å². The maximum Gasteiger partial charge on any atom is 0 e. The average Bonchev–Trinajstić information content (AvgIpc) is 1.94. The molecule has 0 aliphatic rings. The van der Waals surface area contributed by atoms with Crippen molar-refractivity contribution < 1.29 is 31.1 Å². The Labute approximate surface area is 87.4 Å². The van der Waals surface area contributed by atoms with E-state index in [1.807, 2.05) is 32.0 Å². The first-order valence-corrected chi connectivity index (χ1v) is 3.41. The minimum atomic E-state index is 0. The standard InChI is InChI=1S/C7H8.C2H6.U/c1-7-5-3-2-4-6-7;1-2;/h2-6H,1H3;1-2H3;. The van der Waals surface area contributed by atoms with E-state index in [4.69, 9.17) is 0 Å². The van der Waals surface area contributed by atoms with Crippen molar-refractivity contribution in [2.45, 2.75) is 20.8 Å². The topological polar surface area (TPSA) is 0 Å². The monoisotopic (exact) mass is 360 g/mol. The molecule has 0 atom stereocenters. The average molecular weight is 360 g/mol. The van der Waals surface area contributed by atoms with Gasteiger partial charge in [0.2, 0.25) is 0 Å². The van der Waals surface area contributed by atoms with Crippen LogP contribution >= 0.6 is 0 Å². The van der Waals surface area contributed by atoms with Crippen molar-refractivity contribution in [1.29, 1.82) is 0 Å². The Morgan fingerprint density at radius 1 is 0.900 bits per heavy atom. The molecule has 0 aliphatic heterocycles. The Hall–Kier alpha value is 0.272. The quantitative estimate of drug-likeness (QED) is 0.667. The van der Waals surface area contributed by atoms with Gasteiger partial charge in [-0.15, -0.1) is 0 Å².